The van der Waals surface area contributed by atoms with Gasteiger partial charge in [0.25, 0.3) is 5.90 Å². The molecule has 3 N–H and O–H groups in total. The molecule has 0 radical (unpaired) electrons. The Labute approximate surface area is 218 Å². The lowest BCUT2D eigenvalue weighted by Crippen LogP contribution is -2.29. The number of nitrogens with two attached hydrogens (primary N) is 1. The summed E-state index contributed by atoms with van der Waals surface area (Å²) >= 11 is 6.22. The number of rotatable bonds is 8. The number of nitrogens with zero attached hydrogens (tertiary/aromatic N) is 5. The number of methoxy groups -OCH3 is 1. The molecule has 1 fully saturated rings. The molecule has 0 aromatic carbocycles. The highest BCUT2D eigenvalue weighted by atomic mass is 35.5. The number of amides is 1. The average molecular weight is 530 g/mol. The van der Waals surface area contributed by atoms with Crippen molar-refractivity contribution in [3.8, 4) is 11.3 Å². The van der Waals surface area contributed by atoms with Crippen LogP contribution < -0.4 is 5.73 Å². The van der Waals surface area contributed by atoms with Gasteiger partial charge in [-0.2, -0.15) is 0 Å². The summed E-state index contributed by atoms with van der Waals surface area (Å²) in [5, 5.41) is 8.46. The van der Waals surface area contributed by atoms with Crippen molar-refractivity contribution in [2.75, 3.05) is 13.7 Å². The van der Waals surface area contributed by atoms with Crippen LogP contribution in [0.4, 0.5) is 9.18 Å². The summed E-state index contributed by atoms with van der Waals surface area (Å²) in [6.45, 7) is 5.57. The fraction of sp³-hybridized carbons (Fsp3) is 0.440. The molecule has 3 aromatic rings. The first-order valence-corrected chi connectivity index (χ1v) is 12.3. The molecule has 4 rings (SSSR count). The van der Waals surface area contributed by atoms with Crippen molar-refractivity contribution >= 4 is 34.8 Å². The van der Waals surface area contributed by atoms with Gasteiger partial charge in [0.2, 0.25) is 5.82 Å². The fourth-order valence-corrected chi connectivity index (χ4v) is 4.98. The van der Waals surface area contributed by atoms with Crippen LogP contribution in [0.25, 0.3) is 22.4 Å². The van der Waals surface area contributed by atoms with Crippen molar-refractivity contribution < 1.29 is 18.7 Å². The van der Waals surface area contributed by atoms with Crippen LogP contribution in [0.5, 0.6) is 0 Å². The molecule has 0 saturated heterocycles. The second-order valence-corrected chi connectivity index (χ2v) is 9.84. The van der Waals surface area contributed by atoms with Gasteiger partial charge in [-0.1, -0.05) is 17.7 Å². The third-order valence-electron chi connectivity index (χ3n) is 6.53. The SMILES string of the molecule is C=C[C@H]1CC[C@H](Cn2c(C(C)(F)COC)nc3nc(C(=N)OC(N)=O)nc(-c4cncc(Cl)c4)c32)CC1. The minimum Gasteiger partial charge on any atom is -0.388 e. The molecule has 0 aliphatic heterocycles. The number of pyridine rings is 1. The van der Waals surface area contributed by atoms with Crippen molar-refractivity contribution in [1.29, 1.82) is 5.41 Å². The number of primary amides is 1. The van der Waals surface area contributed by atoms with Crippen molar-refractivity contribution in [2.45, 2.75) is 44.8 Å². The summed E-state index contributed by atoms with van der Waals surface area (Å²) in [7, 11) is 1.42. The first kappa shape index (κ1) is 26.6. The Morgan fingerprint density at radius 3 is 2.68 bits per heavy atom. The number of halogens is 2. The molecule has 1 aliphatic rings. The number of carbonyl (C=O) groups excluding carboxylic acids is 1. The molecule has 1 saturated carbocycles. The highest BCUT2D eigenvalue weighted by molar-refractivity contribution is 6.30. The van der Waals surface area contributed by atoms with E-state index in [1.54, 1.807) is 16.8 Å². The van der Waals surface area contributed by atoms with Crippen molar-refractivity contribution in [1.82, 2.24) is 24.5 Å². The van der Waals surface area contributed by atoms with Gasteiger partial charge < -0.3 is 19.8 Å². The van der Waals surface area contributed by atoms with E-state index in [0.29, 0.717) is 34.3 Å². The molecule has 1 atom stereocenters. The monoisotopic (exact) mass is 529 g/mol. The molecule has 1 amide bonds. The predicted octanol–water partition coefficient (Wildman–Crippen LogP) is 4.79. The Kier molecular flexibility index (Phi) is 7.84. The predicted molar refractivity (Wildman–Crippen MR) is 137 cm³/mol. The maximum Gasteiger partial charge on any atom is 0.411 e. The Morgan fingerprint density at radius 1 is 1.32 bits per heavy atom. The lowest BCUT2D eigenvalue weighted by molar-refractivity contribution is 0.0429. The number of fused-ring (bicyclic) bond motifs is 1. The second-order valence-electron chi connectivity index (χ2n) is 9.40. The quantitative estimate of drug-likeness (QED) is 0.243. The lowest BCUT2D eigenvalue weighted by atomic mass is 9.82. The molecular weight excluding hydrogens is 501 g/mol. The fourth-order valence-electron chi connectivity index (χ4n) is 4.80. The molecule has 0 bridgehead atoms. The number of ether oxygens (including phenoxy) is 2. The normalized spacial score (nSPS) is 19.4. The number of aromatic nitrogens is 5. The molecular formula is C25H29ClFN7O3. The van der Waals surface area contributed by atoms with Crippen LogP contribution in [0.3, 0.4) is 0 Å². The zero-order valence-corrected chi connectivity index (χ0v) is 21.5. The largest absolute Gasteiger partial charge is 0.411 e. The van der Waals surface area contributed by atoms with E-state index in [0.717, 1.165) is 25.7 Å². The Morgan fingerprint density at radius 2 is 2.05 bits per heavy atom. The molecule has 1 aliphatic carbocycles. The van der Waals surface area contributed by atoms with E-state index in [-0.39, 0.29) is 29.8 Å². The topological polar surface area (TPSA) is 142 Å². The van der Waals surface area contributed by atoms with Crippen molar-refractivity contribution in [2.24, 2.45) is 17.6 Å². The number of nitrogens with one attached hydrogen (secondary N) is 1. The molecule has 3 heterocycles. The van der Waals surface area contributed by atoms with Crippen LogP contribution in [-0.4, -0.2) is 50.2 Å². The van der Waals surface area contributed by atoms with Crippen LogP contribution in [0.2, 0.25) is 5.02 Å². The highest BCUT2D eigenvalue weighted by Crippen LogP contribution is 2.37. The molecule has 196 valence electrons. The van der Waals surface area contributed by atoms with E-state index in [2.05, 4.69) is 26.5 Å². The average Bonchev–Trinajstić information content (AvgIpc) is 3.22. The van der Waals surface area contributed by atoms with E-state index in [1.165, 1.54) is 20.2 Å². The number of allylic oxidation sites excluding steroid dienone is 1. The van der Waals surface area contributed by atoms with E-state index in [1.807, 2.05) is 6.08 Å². The first-order chi connectivity index (χ1) is 17.6. The van der Waals surface area contributed by atoms with Crippen molar-refractivity contribution in [3.05, 3.63) is 47.8 Å². The zero-order valence-electron chi connectivity index (χ0n) is 20.7. The molecule has 1 unspecified atom stereocenters. The minimum absolute atomic E-state index is 0.125. The van der Waals surface area contributed by atoms with Crippen LogP contribution in [0.15, 0.2) is 31.1 Å². The third-order valence-corrected chi connectivity index (χ3v) is 6.74. The van der Waals surface area contributed by atoms with Gasteiger partial charge in [0.05, 0.1) is 11.6 Å². The van der Waals surface area contributed by atoms with Gasteiger partial charge in [0, 0.05) is 31.6 Å². The maximum atomic E-state index is 16.0. The molecule has 12 heteroatoms. The number of alkyl halides is 1. The van der Waals surface area contributed by atoms with Crippen LogP contribution in [-0.2, 0) is 21.7 Å². The van der Waals surface area contributed by atoms with E-state index >= 15 is 4.39 Å². The third kappa shape index (κ3) is 5.78. The molecule has 10 nitrogen and oxygen atoms in total. The number of hydrogen-bond acceptors (Lipinski definition) is 8. The van der Waals surface area contributed by atoms with Crippen molar-refractivity contribution in [3.63, 3.8) is 0 Å². The Bertz CT molecular complexity index is 1340. The van der Waals surface area contributed by atoms with Gasteiger partial charge in [-0.3, -0.25) is 10.4 Å². The van der Waals surface area contributed by atoms with E-state index < -0.39 is 17.7 Å². The van der Waals surface area contributed by atoms with Crippen LogP contribution >= 0.6 is 11.6 Å². The summed E-state index contributed by atoms with van der Waals surface area (Å²) in [5.74, 6) is -0.0291. The summed E-state index contributed by atoms with van der Waals surface area (Å²) in [5.41, 5.74) is 4.54. The molecule has 3 aromatic heterocycles. The van der Waals surface area contributed by atoms with E-state index in [9.17, 15) is 4.79 Å². The smallest absolute Gasteiger partial charge is 0.388 e. The standard InChI is InChI=1S/C25H29ClFN7O3/c1-4-14-5-7-15(8-6-14)12-34-19-18(16-9-17(26)11-30-10-16)31-22(20(28)37-24(29)35)32-21(19)33-23(34)25(2,27)13-36-3/h4,9-11,14-15,28H,1,5-8,12-13H2,2-3H3,(H2,29,35)/t14-,15-,25?. The first-order valence-electron chi connectivity index (χ1n) is 11.9. The lowest BCUT2D eigenvalue weighted by Gasteiger charge is -2.29. The van der Waals surface area contributed by atoms with Gasteiger partial charge in [-0.25, -0.2) is 24.1 Å². The van der Waals surface area contributed by atoms with Crippen LogP contribution in [0.1, 0.15) is 44.3 Å². The molecule has 37 heavy (non-hydrogen) atoms. The van der Waals surface area contributed by atoms with Crippen LogP contribution in [0, 0.1) is 17.2 Å². The number of imidazole rings is 1. The number of carbonyl (C=O) groups is 1. The van der Waals surface area contributed by atoms with Gasteiger partial charge in [-0.15, -0.1) is 6.58 Å². The van der Waals surface area contributed by atoms with E-state index in [4.69, 9.17) is 32.2 Å². The highest BCUT2D eigenvalue weighted by Gasteiger charge is 2.36. The van der Waals surface area contributed by atoms with Gasteiger partial charge in [-0.05, 0) is 50.5 Å². The summed E-state index contributed by atoms with van der Waals surface area (Å²) in [6.07, 6.45) is 7.75. The summed E-state index contributed by atoms with van der Waals surface area (Å²) in [6, 6.07) is 1.65. The van der Waals surface area contributed by atoms with Gasteiger partial charge in [0.1, 0.15) is 11.2 Å². The second kappa shape index (κ2) is 10.9. The Balaban J connectivity index is 1.94. The molecule has 0 spiro atoms. The maximum absolute atomic E-state index is 16.0. The zero-order chi connectivity index (χ0) is 26.7. The minimum atomic E-state index is -1.95. The Hall–Kier alpha value is -3.44. The van der Waals surface area contributed by atoms with Gasteiger partial charge >= 0.3 is 6.09 Å². The van der Waals surface area contributed by atoms with Gasteiger partial charge in [0.15, 0.2) is 17.1 Å². The number of hydrogen-bond donors (Lipinski definition) is 2. The summed E-state index contributed by atoms with van der Waals surface area (Å²) in [4.78, 5) is 28.8. The summed E-state index contributed by atoms with van der Waals surface area (Å²) < 4.78 is 27.7.